The van der Waals surface area contributed by atoms with Crippen molar-refractivity contribution in [3.63, 3.8) is 0 Å². The van der Waals surface area contributed by atoms with Crippen molar-refractivity contribution >= 4 is 11.8 Å². The Morgan fingerprint density at radius 2 is 1.54 bits per heavy atom. The molecule has 0 saturated carbocycles. The van der Waals surface area contributed by atoms with Crippen molar-refractivity contribution in [2.24, 2.45) is 0 Å². The van der Waals surface area contributed by atoms with Crippen LogP contribution < -0.4 is 4.74 Å². The third-order valence-electron chi connectivity index (χ3n) is 3.57. The summed E-state index contributed by atoms with van der Waals surface area (Å²) >= 11 is 0. The van der Waals surface area contributed by atoms with Crippen LogP contribution in [0.15, 0.2) is 48.5 Å². The first-order valence-electron chi connectivity index (χ1n) is 7.86. The molecule has 5 heteroatoms. The average molecular weight is 328 g/mol. The molecule has 0 radical (unpaired) electrons. The Morgan fingerprint density at radius 1 is 0.875 bits per heavy atom. The number of para-hydroxylation sites is 2. The molecule has 0 unspecified atom stereocenters. The molecule has 24 heavy (non-hydrogen) atoms. The highest BCUT2D eigenvalue weighted by molar-refractivity contribution is 6.12. The second-order valence-electron chi connectivity index (χ2n) is 5.40. The molecule has 0 spiro atoms. The fourth-order valence-electron chi connectivity index (χ4n) is 2.33. The van der Waals surface area contributed by atoms with Crippen LogP contribution in [0.5, 0.6) is 11.5 Å². The summed E-state index contributed by atoms with van der Waals surface area (Å²) in [6.45, 7) is 0.407. The predicted molar refractivity (Wildman–Crippen MR) is 89.6 cm³/mol. The Balaban J connectivity index is 1.99. The average Bonchev–Trinajstić information content (AvgIpc) is 2.58. The number of phenolic OH excluding ortho intramolecular Hbond substituents is 1. The number of carboxylic acids is 1. The van der Waals surface area contributed by atoms with Gasteiger partial charge in [-0.05, 0) is 43.5 Å². The van der Waals surface area contributed by atoms with Gasteiger partial charge in [0.1, 0.15) is 11.5 Å². The van der Waals surface area contributed by atoms with E-state index in [0.717, 1.165) is 6.42 Å². The van der Waals surface area contributed by atoms with E-state index in [2.05, 4.69) is 0 Å². The number of ketones is 1. The topological polar surface area (TPSA) is 83.8 Å². The molecule has 0 fully saturated rings. The number of carbonyl (C=O) groups is 2. The maximum atomic E-state index is 12.6. The normalized spacial score (nSPS) is 10.3. The van der Waals surface area contributed by atoms with E-state index >= 15 is 0 Å². The molecule has 0 aromatic heterocycles. The number of hydrogen-bond acceptors (Lipinski definition) is 4. The van der Waals surface area contributed by atoms with Gasteiger partial charge in [-0.25, -0.2) is 0 Å². The molecule has 0 amide bonds. The molecule has 0 atom stereocenters. The summed E-state index contributed by atoms with van der Waals surface area (Å²) in [6, 6.07) is 13.3. The van der Waals surface area contributed by atoms with Crippen molar-refractivity contribution in [1.82, 2.24) is 0 Å². The first-order chi connectivity index (χ1) is 11.6. The minimum atomic E-state index is -0.797. The number of unbranched alkanes of at least 4 members (excludes halogenated alkanes) is 2. The van der Waals surface area contributed by atoms with Gasteiger partial charge in [-0.15, -0.1) is 0 Å². The lowest BCUT2D eigenvalue weighted by molar-refractivity contribution is -0.137. The Bertz CT molecular complexity index is 708. The minimum absolute atomic E-state index is 0.0639. The summed E-state index contributed by atoms with van der Waals surface area (Å²) in [4.78, 5) is 23.0. The zero-order chi connectivity index (χ0) is 17.4. The molecular formula is C19H20O5. The molecule has 2 aromatic carbocycles. The summed E-state index contributed by atoms with van der Waals surface area (Å²) in [7, 11) is 0. The highest BCUT2D eigenvalue weighted by Gasteiger charge is 2.17. The number of aromatic hydroxyl groups is 1. The van der Waals surface area contributed by atoms with Crippen LogP contribution in [0.2, 0.25) is 0 Å². The Kier molecular flexibility index (Phi) is 6.37. The van der Waals surface area contributed by atoms with E-state index in [1.54, 1.807) is 42.5 Å². The SMILES string of the molecule is O=C(O)CCCCCOc1ccccc1C(=O)c1ccccc1O. The van der Waals surface area contributed by atoms with E-state index < -0.39 is 5.97 Å². The third kappa shape index (κ3) is 4.84. The first kappa shape index (κ1) is 17.5. The molecule has 2 aromatic rings. The van der Waals surface area contributed by atoms with Gasteiger partial charge in [0, 0.05) is 6.42 Å². The Morgan fingerprint density at radius 3 is 2.25 bits per heavy atom. The molecule has 0 aliphatic rings. The number of hydrogen-bond donors (Lipinski definition) is 2. The zero-order valence-electron chi connectivity index (χ0n) is 13.3. The highest BCUT2D eigenvalue weighted by atomic mass is 16.5. The Hall–Kier alpha value is -2.82. The smallest absolute Gasteiger partial charge is 0.303 e. The van der Waals surface area contributed by atoms with Gasteiger partial charge in [0.05, 0.1) is 17.7 Å². The van der Waals surface area contributed by atoms with Gasteiger partial charge in [0.2, 0.25) is 0 Å². The van der Waals surface area contributed by atoms with Crippen molar-refractivity contribution in [1.29, 1.82) is 0 Å². The van der Waals surface area contributed by atoms with Crippen LogP contribution in [0.4, 0.5) is 0 Å². The number of rotatable bonds is 9. The van der Waals surface area contributed by atoms with Crippen molar-refractivity contribution in [2.75, 3.05) is 6.61 Å². The number of benzene rings is 2. The van der Waals surface area contributed by atoms with Gasteiger partial charge >= 0.3 is 5.97 Å². The number of aliphatic carboxylic acids is 1. The van der Waals surface area contributed by atoms with Crippen LogP contribution in [0.1, 0.15) is 41.6 Å². The first-order valence-corrected chi connectivity index (χ1v) is 7.86. The second kappa shape index (κ2) is 8.72. The monoisotopic (exact) mass is 328 g/mol. The zero-order valence-corrected chi connectivity index (χ0v) is 13.3. The quantitative estimate of drug-likeness (QED) is 0.542. The molecule has 0 heterocycles. The lowest BCUT2D eigenvalue weighted by atomic mass is 10.0. The number of carbonyl (C=O) groups excluding carboxylic acids is 1. The van der Waals surface area contributed by atoms with E-state index in [1.165, 1.54) is 6.07 Å². The van der Waals surface area contributed by atoms with Crippen molar-refractivity contribution in [2.45, 2.75) is 25.7 Å². The predicted octanol–water partition coefficient (Wildman–Crippen LogP) is 3.65. The van der Waals surface area contributed by atoms with Crippen molar-refractivity contribution in [3.8, 4) is 11.5 Å². The van der Waals surface area contributed by atoms with E-state index in [1.807, 2.05) is 0 Å². The summed E-state index contributed by atoms with van der Waals surface area (Å²) in [5.74, 6) is -0.695. The molecular weight excluding hydrogens is 308 g/mol. The van der Waals surface area contributed by atoms with E-state index in [9.17, 15) is 14.7 Å². The third-order valence-corrected chi connectivity index (χ3v) is 3.57. The van der Waals surface area contributed by atoms with Gasteiger partial charge in [0.25, 0.3) is 0 Å². The number of phenols is 1. The molecule has 126 valence electrons. The van der Waals surface area contributed by atoms with Crippen LogP contribution in [-0.4, -0.2) is 28.6 Å². The Labute approximate surface area is 140 Å². The van der Waals surface area contributed by atoms with E-state index in [-0.39, 0.29) is 23.5 Å². The van der Waals surface area contributed by atoms with Gasteiger partial charge < -0.3 is 14.9 Å². The van der Waals surface area contributed by atoms with Gasteiger partial charge in [-0.1, -0.05) is 24.3 Å². The van der Waals surface area contributed by atoms with E-state index in [0.29, 0.717) is 30.8 Å². The van der Waals surface area contributed by atoms with Crippen LogP contribution in [0.25, 0.3) is 0 Å². The van der Waals surface area contributed by atoms with E-state index in [4.69, 9.17) is 9.84 Å². The summed E-state index contributed by atoms with van der Waals surface area (Å²) in [6.07, 6.45) is 2.23. The van der Waals surface area contributed by atoms with Gasteiger partial charge in [0.15, 0.2) is 5.78 Å². The van der Waals surface area contributed by atoms with Crippen LogP contribution in [0, 0.1) is 0 Å². The molecule has 2 N–H and O–H groups in total. The lowest BCUT2D eigenvalue weighted by Crippen LogP contribution is -2.07. The summed E-state index contributed by atoms with van der Waals surface area (Å²) < 4.78 is 5.68. The van der Waals surface area contributed by atoms with Gasteiger partial charge in [-0.2, -0.15) is 0 Å². The van der Waals surface area contributed by atoms with Gasteiger partial charge in [-0.3, -0.25) is 9.59 Å². The fraction of sp³-hybridized carbons (Fsp3) is 0.263. The number of ether oxygens (including phenoxy) is 1. The summed E-state index contributed by atoms with van der Waals surface area (Å²) in [5.41, 5.74) is 0.625. The summed E-state index contributed by atoms with van der Waals surface area (Å²) in [5, 5.41) is 18.4. The maximum Gasteiger partial charge on any atom is 0.303 e. The second-order valence-corrected chi connectivity index (χ2v) is 5.40. The standard InChI is InChI=1S/C19H20O5/c20-16-10-5-3-8-14(16)19(23)15-9-4-6-11-17(15)24-13-7-1-2-12-18(21)22/h3-6,8-11,20H,1-2,7,12-13H2,(H,21,22). The minimum Gasteiger partial charge on any atom is -0.507 e. The van der Waals surface area contributed by atoms with Crippen LogP contribution >= 0.6 is 0 Å². The van der Waals surface area contributed by atoms with Crippen molar-refractivity contribution in [3.05, 3.63) is 59.7 Å². The maximum absolute atomic E-state index is 12.6. The molecule has 0 aliphatic carbocycles. The molecule has 0 aliphatic heterocycles. The van der Waals surface area contributed by atoms with Crippen LogP contribution in [-0.2, 0) is 4.79 Å². The molecule has 0 bridgehead atoms. The molecule has 0 saturated heterocycles. The number of carboxylic acid groups (broad SMARTS) is 1. The fourth-order valence-corrected chi connectivity index (χ4v) is 2.33. The van der Waals surface area contributed by atoms with Crippen LogP contribution in [0.3, 0.4) is 0 Å². The van der Waals surface area contributed by atoms with Crippen molar-refractivity contribution < 1.29 is 24.5 Å². The molecule has 2 rings (SSSR count). The highest BCUT2D eigenvalue weighted by Crippen LogP contribution is 2.25. The lowest BCUT2D eigenvalue weighted by Gasteiger charge is -2.11. The largest absolute Gasteiger partial charge is 0.507 e. The molecule has 5 nitrogen and oxygen atoms in total.